The average Bonchev–Trinajstić information content (AvgIpc) is 2.20. The van der Waals surface area contributed by atoms with Gasteiger partial charge in [0.1, 0.15) is 17.2 Å². The molecule has 0 amide bonds. The van der Waals surface area contributed by atoms with Gasteiger partial charge >= 0.3 is 0 Å². The molecule has 1 aliphatic rings. The lowest BCUT2D eigenvalue weighted by Gasteiger charge is -2.38. The highest BCUT2D eigenvalue weighted by atomic mass is 79.9. The van der Waals surface area contributed by atoms with Crippen molar-refractivity contribution in [3.63, 3.8) is 0 Å². The van der Waals surface area contributed by atoms with E-state index in [2.05, 4.69) is 42.0 Å². The first-order valence-corrected chi connectivity index (χ1v) is 6.63. The van der Waals surface area contributed by atoms with E-state index in [1.54, 1.807) is 12.1 Å². The lowest BCUT2D eigenvalue weighted by Crippen LogP contribution is -2.39. The van der Waals surface area contributed by atoms with Crippen LogP contribution in [0.1, 0.15) is 38.8 Å². The number of halogens is 2. The Morgan fingerprint density at radius 2 is 2.24 bits per heavy atom. The van der Waals surface area contributed by atoms with Crippen LogP contribution in [0.4, 0.5) is 4.39 Å². The molecule has 0 fully saturated rings. The molecule has 1 atom stereocenters. The van der Waals surface area contributed by atoms with Gasteiger partial charge in [0, 0.05) is 18.0 Å². The number of ether oxygens (including phenoxy) is 1. The van der Waals surface area contributed by atoms with E-state index in [9.17, 15) is 4.39 Å². The van der Waals surface area contributed by atoms with Crippen LogP contribution in [-0.2, 0) is 0 Å². The first-order chi connectivity index (χ1) is 7.93. The fourth-order valence-corrected chi connectivity index (χ4v) is 2.60. The van der Waals surface area contributed by atoms with Crippen molar-refractivity contribution < 1.29 is 9.13 Å². The molecule has 0 radical (unpaired) electrons. The predicted octanol–water partition coefficient (Wildman–Crippen LogP) is 3.80. The highest BCUT2D eigenvalue weighted by molar-refractivity contribution is 9.10. The van der Waals surface area contributed by atoms with E-state index in [1.807, 2.05) is 0 Å². The van der Waals surface area contributed by atoms with Crippen LogP contribution in [0.15, 0.2) is 16.6 Å². The molecule has 1 aromatic carbocycles. The van der Waals surface area contributed by atoms with Crippen LogP contribution in [0, 0.1) is 5.82 Å². The smallest absolute Gasteiger partial charge is 0.137 e. The zero-order valence-electron chi connectivity index (χ0n) is 10.3. The van der Waals surface area contributed by atoms with Gasteiger partial charge in [0.05, 0.1) is 4.47 Å². The first-order valence-electron chi connectivity index (χ1n) is 5.84. The van der Waals surface area contributed by atoms with E-state index in [1.165, 1.54) is 0 Å². The number of rotatable bonds is 2. The van der Waals surface area contributed by atoms with E-state index in [0.717, 1.165) is 24.3 Å². The molecule has 1 N–H and O–H groups in total. The Morgan fingerprint density at radius 3 is 2.88 bits per heavy atom. The van der Waals surface area contributed by atoms with Crippen LogP contribution < -0.4 is 10.1 Å². The maximum absolute atomic E-state index is 13.6. The summed E-state index contributed by atoms with van der Waals surface area (Å²) in [5.74, 6) is 0.524. The molecule has 4 heteroatoms. The summed E-state index contributed by atoms with van der Waals surface area (Å²) in [6.45, 7) is 7.02. The molecular formula is C13H17BrFNO. The van der Waals surface area contributed by atoms with Crippen molar-refractivity contribution in [2.75, 3.05) is 6.54 Å². The Bertz CT molecular complexity index is 434. The molecule has 1 aliphatic heterocycles. The van der Waals surface area contributed by atoms with E-state index < -0.39 is 0 Å². The number of nitrogens with one attached hydrogen (secondary N) is 1. The minimum Gasteiger partial charge on any atom is -0.487 e. The van der Waals surface area contributed by atoms with Crippen molar-refractivity contribution in [3.05, 3.63) is 28.0 Å². The summed E-state index contributed by atoms with van der Waals surface area (Å²) in [5.41, 5.74) is 0.684. The van der Waals surface area contributed by atoms with Crippen LogP contribution in [0.5, 0.6) is 5.75 Å². The zero-order valence-corrected chi connectivity index (χ0v) is 11.9. The van der Waals surface area contributed by atoms with Gasteiger partial charge in [0.2, 0.25) is 0 Å². The molecule has 1 aromatic rings. The molecule has 1 heterocycles. The molecule has 2 rings (SSSR count). The molecule has 2 nitrogen and oxygen atoms in total. The van der Waals surface area contributed by atoms with Crippen LogP contribution in [0.3, 0.4) is 0 Å². The van der Waals surface area contributed by atoms with Gasteiger partial charge in [-0.25, -0.2) is 4.39 Å². The van der Waals surface area contributed by atoms with E-state index in [-0.39, 0.29) is 17.5 Å². The molecular weight excluding hydrogens is 285 g/mol. The topological polar surface area (TPSA) is 21.3 Å². The Balaban J connectivity index is 2.45. The Kier molecular flexibility index (Phi) is 3.46. The zero-order chi connectivity index (χ0) is 12.6. The second-order valence-corrected chi connectivity index (χ2v) is 5.83. The van der Waals surface area contributed by atoms with Gasteiger partial charge in [-0.05, 0) is 48.5 Å². The lowest BCUT2D eigenvalue weighted by atomic mass is 9.89. The molecule has 0 spiro atoms. The molecule has 0 aromatic heterocycles. The molecule has 94 valence electrons. The minimum absolute atomic E-state index is 0.154. The maximum Gasteiger partial charge on any atom is 0.137 e. The summed E-state index contributed by atoms with van der Waals surface area (Å²) in [5, 5.41) is 3.38. The fraction of sp³-hybridized carbons (Fsp3) is 0.538. The van der Waals surface area contributed by atoms with E-state index in [0.29, 0.717) is 4.47 Å². The Labute approximate surface area is 110 Å². The van der Waals surface area contributed by atoms with E-state index >= 15 is 0 Å². The predicted molar refractivity (Wildman–Crippen MR) is 69.8 cm³/mol. The number of benzene rings is 1. The normalized spacial score (nSPS) is 21.8. The van der Waals surface area contributed by atoms with Gasteiger partial charge < -0.3 is 10.1 Å². The standard InChI is InChI=1S/C13H17BrFNO/c1-4-16-11-7-13(2,3)17-12-6-9(14)10(15)5-8(11)12/h5-6,11,16H,4,7H2,1-3H3. The van der Waals surface area contributed by atoms with Gasteiger partial charge in [0.25, 0.3) is 0 Å². The number of hydrogen-bond donors (Lipinski definition) is 1. The second-order valence-electron chi connectivity index (χ2n) is 4.98. The first kappa shape index (κ1) is 12.8. The summed E-state index contributed by atoms with van der Waals surface area (Å²) < 4.78 is 19.9. The largest absolute Gasteiger partial charge is 0.487 e. The summed E-state index contributed by atoms with van der Waals surface area (Å²) >= 11 is 3.20. The van der Waals surface area contributed by atoms with Crippen LogP contribution in [0.2, 0.25) is 0 Å². The monoisotopic (exact) mass is 301 g/mol. The van der Waals surface area contributed by atoms with Gasteiger partial charge in [0.15, 0.2) is 0 Å². The molecule has 0 bridgehead atoms. The average molecular weight is 302 g/mol. The van der Waals surface area contributed by atoms with E-state index in [4.69, 9.17) is 4.74 Å². The maximum atomic E-state index is 13.6. The molecule has 17 heavy (non-hydrogen) atoms. The van der Waals surface area contributed by atoms with Gasteiger partial charge in [-0.15, -0.1) is 0 Å². The van der Waals surface area contributed by atoms with Crippen molar-refractivity contribution in [1.82, 2.24) is 5.32 Å². The van der Waals surface area contributed by atoms with Crippen molar-refractivity contribution in [2.45, 2.75) is 38.8 Å². The summed E-state index contributed by atoms with van der Waals surface area (Å²) in [4.78, 5) is 0. The summed E-state index contributed by atoms with van der Waals surface area (Å²) in [7, 11) is 0. The third-order valence-electron chi connectivity index (χ3n) is 2.96. The van der Waals surface area contributed by atoms with Crippen LogP contribution in [-0.4, -0.2) is 12.1 Å². The highest BCUT2D eigenvalue weighted by Crippen LogP contribution is 2.41. The highest BCUT2D eigenvalue weighted by Gasteiger charge is 2.33. The van der Waals surface area contributed by atoms with Crippen LogP contribution >= 0.6 is 15.9 Å². The summed E-state index contributed by atoms with van der Waals surface area (Å²) in [6.07, 6.45) is 0.842. The third-order valence-corrected chi connectivity index (χ3v) is 3.57. The van der Waals surface area contributed by atoms with Gasteiger partial charge in [-0.3, -0.25) is 0 Å². The molecule has 0 saturated heterocycles. The molecule has 0 aliphatic carbocycles. The van der Waals surface area contributed by atoms with Crippen molar-refractivity contribution >= 4 is 15.9 Å². The summed E-state index contributed by atoms with van der Waals surface area (Å²) in [6, 6.07) is 3.43. The van der Waals surface area contributed by atoms with Crippen molar-refractivity contribution in [1.29, 1.82) is 0 Å². The Hall–Kier alpha value is -0.610. The van der Waals surface area contributed by atoms with Gasteiger partial charge in [-0.1, -0.05) is 6.92 Å². The van der Waals surface area contributed by atoms with Gasteiger partial charge in [-0.2, -0.15) is 0 Å². The quantitative estimate of drug-likeness (QED) is 0.897. The van der Waals surface area contributed by atoms with Crippen molar-refractivity contribution in [2.24, 2.45) is 0 Å². The molecule has 1 unspecified atom stereocenters. The number of hydrogen-bond acceptors (Lipinski definition) is 2. The third kappa shape index (κ3) is 2.63. The lowest BCUT2D eigenvalue weighted by molar-refractivity contribution is 0.0660. The number of fused-ring (bicyclic) bond motifs is 1. The second kappa shape index (κ2) is 4.58. The van der Waals surface area contributed by atoms with Crippen LogP contribution in [0.25, 0.3) is 0 Å². The fourth-order valence-electron chi connectivity index (χ4n) is 2.27. The minimum atomic E-state index is -0.241. The SMILES string of the molecule is CCNC1CC(C)(C)Oc2cc(Br)c(F)cc21. The Morgan fingerprint density at radius 1 is 1.53 bits per heavy atom. The van der Waals surface area contributed by atoms with Crippen molar-refractivity contribution in [3.8, 4) is 5.75 Å². The molecule has 0 saturated carbocycles.